The number of hydrogen-bond acceptors (Lipinski definition) is 10. The third-order valence-electron chi connectivity index (χ3n) is 10.1. The van der Waals surface area contributed by atoms with Gasteiger partial charge in [-0.25, -0.2) is 0 Å². The van der Waals surface area contributed by atoms with E-state index in [1.54, 1.807) is 79.7 Å². The lowest BCUT2D eigenvalue weighted by Gasteiger charge is -2.46. The fourth-order valence-electron chi connectivity index (χ4n) is 7.12. The van der Waals surface area contributed by atoms with Gasteiger partial charge in [-0.3, -0.25) is 9.59 Å². The van der Waals surface area contributed by atoms with E-state index < -0.39 is 17.4 Å². The van der Waals surface area contributed by atoms with Crippen molar-refractivity contribution in [1.82, 2.24) is 21.3 Å². The first-order valence-electron chi connectivity index (χ1n) is 22.1. The third-order valence-corrected chi connectivity index (χ3v) is 11.0. The van der Waals surface area contributed by atoms with Crippen LogP contribution in [0.4, 0.5) is 0 Å². The Bertz CT molecular complexity index is 2160. The van der Waals surface area contributed by atoms with Gasteiger partial charge in [0.05, 0.1) is 37.4 Å². The van der Waals surface area contributed by atoms with Gasteiger partial charge < -0.3 is 41.3 Å². The maximum Gasteiger partial charge on any atom is 0.208 e. The topological polar surface area (TPSA) is 152 Å². The molecule has 1 aliphatic rings. The molecular weight excluding hydrogens is 918 g/mol. The van der Waals surface area contributed by atoms with E-state index in [0.717, 1.165) is 5.56 Å². The number of aliphatic hydroxyl groups excluding tert-OH is 2. The average Bonchev–Trinajstić information content (AvgIpc) is 3.20. The maximum atomic E-state index is 12.1. The molecule has 366 valence electrons. The summed E-state index contributed by atoms with van der Waals surface area (Å²) in [6, 6.07) is 27.6. The van der Waals surface area contributed by atoms with Crippen LogP contribution in [-0.2, 0) is 10.5 Å². The molecule has 0 radical (unpaired) electrons. The molecule has 0 bridgehead atoms. The van der Waals surface area contributed by atoms with E-state index in [9.17, 15) is 19.8 Å². The number of rotatable bonds is 12. The Balaban J connectivity index is 0.000000302. The van der Waals surface area contributed by atoms with Crippen LogP contribution in [0.1, 0.15) is 135 Å². The highest BCUT2D eigenvalue weighted by atomic mass is 35.5. The summed E-state index contributed by atoms with van der Waals surface area (Å²) < 4.78 is 5.67. The van der Waals surface area contributed by atoms with Crippen LogP contribution in [0, 0.1) is 0 Å². The van der Waals surface area contributed by atoms with E-state index in [2.05, 4.69) is 42.0 Å². The Kier molecular flexibility index (Phi) is 23.0. The number of carbonyl (C=O) groups excluding carboxylic acids is 2. The van der Waals surface area contributed by atoms with Crippen LogP contribution in [0.15, 0.2) is 97.1 Å². The predicted octanol–water partition coefficient (Wildman–Crippen LogP) is 11.0. The lowest BCUT2D eigenvalue weighted by Crippen LogP contribution is -2.63. The summed E-state index contributed by atoms with van der Waals surface area (Å²) in [5.41, 5.74) is 2.05. The number of hydrogen-bond donors (Lipinski definition) is 7. The molecule has 6 atom stereocenters. The van der Waals surface area contributed by atoms with Crippen molar-refractivity contribution in [3.8, 4) is 0 Å². The van der Waals surface area contributed by atoms with E-state index in [0.29, 0.717) is 43.4 Å². The molecule has 0 aliphatic carbocycles. The van der Waals surface area contributed by atoms with Crippen LogP contribution < -0.4 is 21.3 Å². The van der Waals surface area contributed by atoms with E-state index in [4.69, 9.17) is 56.2 Å². The molecule has 5 rings (SSSR count). The number of ether oxygens (including phenoxy) is 1. The van der Waals surface area contributed by atoms with Crippen molar-refractivity contribution >= 4 is 58.0 Å². The summed E-state index contributed by atoms with van der Waals surface area (Å²) in [6.07, 6.45) is -0.544. The van der Waals surface area contributed by atoms with Crippen molar-refractivity contribution in [3.05, 3.63) is 139 Å². The summed E-state index contributed by atoms with van der Waals surface area (Å²) >= 11 is 23.5. The van der Waals surface area contributed by atoms with Crippen LogP contribution in [0.25, 0.3) is 0 Å². The quantitative estimate of drug-likeness (QED) is 0.0683. The molecule has 10 nitrogen and oxygen atoms in total. The zero-order valence-electron chi connectivity index (χ0n) is 41.1. The summed E-state index contributed by atoms with van der Waals surface area (Å²) in [5, 5.41) is 45.3. The van der Waals surface area contributed by atoms with Gasteiger partial charge in [-0.2, -0.15) is 0 Å². The highest BCUT2D eigenvalue weighted by Gasteiger charge is 2.44. The molecule has 1 saturated heterocycles. The van der Waals surface area contributed by atoms with E-state index in [1.165, 1.54) is 0 Å². The van der Waals surface area contributed by atoms with Crippen LogP contribution in [0.2, 0.25) is 20.1 Å². The summed E-state index contributed by atoms with van der Waals surface area (Å²) in [7, 11) is 0. The molecule has 4 aromatic rings. The minimum absolute atomic E-state index is 0.0149. The number of carbonyl (C=O) groups is 2. The molecule has 1 fully saturated rings. The second-order valence-electron chi connectivity index (χ2n) is 20.2. The molecule has 1 heterocycles. The summed E-state index contributed by atoms with van der Waals surface area (Å²) in [5.74, 6) is -1.29. The Hall–Kier alpha value is -2.94. The molecule has 7 N–H and O–H groups in total. The zero-order chi connectivity index (χ0) is 50.4. The number of nitrogens with one attached hydrogen (secondary N) is 4. The minimum Gasteiger partial charge on any atom is -0.394 e. The van der Waals surface area contributed by atoms with Crippen molar-refractivity contribution in [3.63, 3.8) is 0 Å². The molecule has 0 spiro atoms. The average molecular weight is 993 g/mol. The maximum absolute atomic E-state index is 12.1. The lowest BCUT2D eigenvalue weighted by atomic mass is 9.93. The third kappa shape index (κ3) is 20.7. The van der Waals surface area contributed by atoms with Gasteiger partial charge in [0.25, 0.3) is 0 Å². The minimum atomic E-state index is -1.32. The number of morpholine rings is 1. The van der Waals surface area contributed by atoms with E-state index >= 15 is 0 Å². The number of aliphatic hydroxyl groups is 3. The fourth-order valence-corrected chi connectivity index (χ4v) is 7.89. The predicted molar refractivity (Wildman–Crippen MR) is 274 cm³/mol. The van der Waals surface area contributed by atoms with Gasteiger partial charge in [-0.15, -0.1) is 0 Å². The Morgan fingerprint density at radius 1 is 0.697 bits per heavy atom. The molecule has 0 saturated carbocycles. The molecule has 66 heavy (non-hydrogen) atoms. The Morgan fingerprint density at radius 3 is 1.53 bits per heavy atom. The van der Waals surface area contributed by atoms with E-state index in [1.807, 2.05) is 93.5 Å². The number of benzene rings is 4. The fraction of sp³-hybridized carbons (Fsp3) is 0.500. The monoisotopic (exact) mass is 990 g/mol. The second-order valence-corrected chi connectivity index (χ2v) is 21.9. The molecule has 0 aromatic heterocycles. The Morgan fingerprint density at radius 2 is 1.12 bits per heavy atom. The van der Waals surface area contributed by atoms with Crippen LogP contribution in [-0.4, -0.2) is 86.4 Å². The van der Waals surface area contributed by atoms with Gasteiger partial charge in [0.1, 0.15) is 0 Å². The number of halogens is 4. The SMILES string of the molecule is CC(NC(C)(C)C)C(=O)c1cccc(Cl)c1.CC(NC(C)(C)C)C(O)c1cccc(Cl)c1.CC(NC(C)(C)CO)C(=O)c1cccc(Cl)c1.CC1NC(C)(C)COC1(O)c1cccc(Cl)c1. The largest absolute Gasteiger partial charge is 0.394 e. The first kappa shape index (κ1) is 59.2. The molecule has 1 aliphatic heterocycles. The van der Waals surface area contributed by atoms with Crippen LogP contribution in [0.5, 0.6) is 0 Å². The second kappa shape index (κ2) is 25.6. The Labute approximate surface area is 414 Å². The molecule has 6 unspecified atom stereocenters. The molecule has 0 amide bonds. The van der Waals surface area contributed by atoms with Crippen molar-refractivity contribution in [2.24, 2.45) is 0 Å². The first-order valence-corrected chi connectivity index (χ1v) is 23.7. The van der Waals surface area contributed by atoms with Gasteiger partial charge in [-0.1, -0.05) is 94.9 Å². The first-order chi connectivity index (χ1) is 30.3. The van der Waals surface area contributed by atoms with Crippen molar-refractivity contribution in [2.45, 2.75) is 155 Å². The molecular formula is C52H74Cl4N4O6. The van der Waals surface area contributed by atoms with Gasteiger partial charge in [0.2, 0.25) is 5.79 Å². The summed E-state index contributed by atoms with van der Waals surface area (Å²) in [4.78, 5) is 24.1. The number of ketones is 2. The molecule has 14 heteroatoms. The zero-order valence-corrected chi connectivity index (χ0v) is 44.1. The van der Waals surface area contributed by atoms with E-state index in [-0.39, 0.29) is 59.0 Å². The summed E-state index contributed by atoms with van der Waals surface area (Å²) in [6.45, 7) is 28.1. The number of Topliss-reactive ketones (excluding diaryl/α,β-unsaturated/α-hetero) is 2. The van der Waals surface area contributed by atoms with Gasteiger partial charge in [0, 0.05) is 65.0 Å². The van der Waals surface area contributed by atoms with Crippen LogP contribution >= 0.6 is 46.4 Å². The lowest BCUT2D eigenvalue weighted by molar-refractivity contribution is -0.263. The van der Waals surface area contributed by atoms with Gasteiger partial charge in [0.15, 0.2) is 11.6 Å². The van der Waals surface area contributed by atoms with Gasteiger partial charge >= 0.3 is 0 Å². The van der Waals surface area contributed by atoms with Crippen molar-refractivity contribution in [2.75, 3.05) is 13.2 Å². The van der Waals surface area contributed by atoms with Crippen LogP contribution in [0.3, 0.4) is 0 Å². The van der Waals surface area contributed by atoms with Crippen molar-refractivity contribution < 1.29 is 29.6 Å². The molecule has 4 aromatic carbocycles. The highest BCUT2D eigenvalue weighted by molar-refractivity contribution is 6.31. The van der Waals surface area contributed by atoms with Crippen molar-refractivity contribution in [1.29, 1.82) is 0 Å². The normalized spacial score (nSPS) is 19.0. The highest BCUT2D eigenvalue weighted by Crippen LogP contribution is 2.33. The standard InChI is InChI=1S/2C13H18ClNO2.C13H20ClNO.C13H18ClNO/c1-9-13(16,17-8-12(2,3)15-9)10-5-4-6-11(14)7-10;1-9(15-13(2,3)8-16)12(17)10-5-4-6-11(14)7-10;2*1-9(15-13(2,3)4)12(16)10-6-5-7-11(14)8-10/h2*4-7,9,15-16H,8H2,1-3H3;5-9,12,15-16H,1-4H3;5-9,15H,1-4H3. The van der Waals surface area contributed by atoms with Gasteiger partial charge in [-0.05, 0) is 151 Å². The smallest absolute Gasteiger partial charge is 0.208 e.